The number of carbonyl (C=O) groups excluding carboxylic acids is 2. The van der Waals surface area contributed by atoms with Crippen LogP contribution in [0.3, 0.4) is 0 Å². The summed E-state index contributed by atoms with van der Waals surface area (Å²) in [5, 5.41) is 11.1. The van der Waals surface area contributed by atoms with E-state index >= 15 is 0 Å². The van der Waals surface area contributed by atoms with Gasteiger partial charge in [-0.1, -0.05) is 20.8 Å². The van der Waals surface area contributed by atoms with Gasteiger partial charge in [-0.25, -0.2) is 4.79 Å². The smallest absolute Gasteiger partial charge is 0.343 e. The third-order valence-corrected chi connectivity index (χ3v) is 3.99. The monoisotopic (exact) mass is 386 g/mol. The molecule has 28 heavy (non-hydrogen) atoms. The van der Waals surface area contributed by atoms with Crippen molar-refractivity contribution in [1.82, 2.24) is 0 Å². The topological polar surface area (TPSA) is 99.0 Å². The van der Waals surface area contributed by atoms with Gasteiger partial charge >= 0.3 is 11.7 Å². The molecular weight excluding hydrogens is 364 g/mol. The minimum atomic E-state index is -0.738. The van der Waals surface area contributed by atoms with Gasteiger partial charge in [0.2, 0.25) is 5.91 Å². The number of benzene rings is 2. The fourth-order valence-electron chi connectivity index (χ4n) is 2.48. The van der Waals surface area contributed by atoms with Crippen molar-refractivity contribution in [3.8, 4) is 11.5 Å². The zero-order valence-electron chi connectivity index (χ0n) is 16.4. The molecule has 0 unspecified atom stereocenters. The van der Waals surface area contributed by atoms with Crippen molar-refractivity contribution in [3.05, 3.63) is 58.1 Å². The highest BCUT2D eigenvalue weighted by molar-refractivity contribution is 5.96. The van der Waals surface area contributed by atoms with Crippen LogP contribution in [0.15, 0.2) is 42.5 Å². The van der Waals surface area contributed by atoms with Crippen LogP contribution >= 0.6 is 0 Å². The zero-order valence-corrected chi connectivity index (χ0v) is 16.4. The van der Waals surface area contributed by atoms with Gasteiger partial charge in [0.1, 0.15) is 5.75 Å². The summed E-state index contributed by atoms with van der Waals surface area (Å²) in [5.74, 6) is -0.485. The summed E-state index contributed by atoms with van der Waals surface area (Å²) in [5.41, 5.74) is -0.172. The molecule has 0 saturated heterocycles. The molecule has 0 N–H and O–H groups in total. The number of hydrogen-bond acceptors (Lipinski definition) is 6. The van der Waals surface area contributed by atoms with Gasteiger partial charge in [-0.3, -0.25) is 14.9 Å². The van der Waals surface area contributed by atoms with Crippen LogP contribution in [0.4, 0.5) is 11.4 Å². The normalized spacial score (nSPS) is 10.9. The fourth-order valence-corrected chi connectivity index (χ4v) is 2.48. The third kappa shape index (κ3) is 4.64. The van der Waals surface area contributed by atoms with Gasteiger partial charge in [0.05, 0.1) is 17.6 Å². The number of ether oxygens (including phenoxy) is 2. The molecule has 0 aliphatic heterocycles. The first-order valence-corrected chi connectivity index (χ1v) is 8.47. The highest BCUT2D eigenvalue weighted by atomic mass is 16.6. The van der Waals surface area contributed by atoms with E-state index in [1.807, 2.05) is 20.8 Å². The van der Waals surface area contributed by atoms with Gasteiger partial charge in [-0.05, 0) is 36.4 Å². The molecular formula is C20H22N2O6. The van der Waals surface area contributed by atoms with E-state index in [0.717, 1.165) is 6.07 Å². The third-order valence-electron chi connectivity index (χ3n) is 3.99. The predicted molar refractivity (Wildman–Crippen MR) is 104 cm³/mol. The number of esters is 1. The van der Waals surface area contributed by atoms with Crippen molar-refractivity contribution in [3.63, 3.8) is 0 Å². The number of hydrogen-bond donors (Lipinski definition) is 0. The molecule has 0 heterocycles. The van der Waals surface area contributed by atoms with Crippen LogP contribution in [0, 0.1) is 15.5 Å². The fraction of sp³-hybridized carbons (Fsp3) is 0.300. The zero-order chi connectivity index (χ0) is 21.1. The van der Waals surface area contributed by atoms with Crippen LogP contribution < -0.4 is 14.4 Å². The molecule has 0 saturated carbocycles. The summed E-state index contributed by atoms with van der Waals surface area (Å²) in [6, 6.07) is 10.2. The first kappa shape index (κ1) is 20.9. The van der Waals surface area contributed by atoms with E-state index in [2.05, 4.69) is 0 Å². The summed E-state index contributed by atoms with van der Waals surface area (Å²) >= 11 is 0. The van der Waals surface area contributed by atoms with Gasteiger partial charge < -0.3 is 14.4 Å². The van der Waals surface area contributed by atoms with E-state index in [9.17, 15) is 19.7 Å². The SMILES string of the molecule is COc1ccc(C(=O)Oc2ccc(N(C)C(=O)C(C)(C)C)cc2)cc1[N+](=O)[O-]. The second-order valence-electron chi connectivity index (χ2n) is 7.14. The molecule has 0 aromatic heterocycles. The molecule has 0 radical (unpaired) electrons. The van der Waals surface area contributed by atoms with Gasteiger partial charge in [0.15, 0.2) is 5.75 Å². The minimum absolute atomic E-state index is 0.0246. The number of nitro benzene ring substituents is 1. The highest BCUT2D eigenvalue weighted by Gasteiger charge is 2.26. The molecule has 2 aromatic carbocycles. The van der Waals surface area contributed by atoms with Crippen LogP contribution in [0.25, 0.3) is 0 Å². The van der Waals surface area contributed by atoms with E-state index in [0.29, 0.717) is 5.69 Å². The van der Waals surface area contributed by atoms with Crippen molar-refractivity contribution < 1.29 is 24.0 Å². The van der Waals surface area contributed by atoms with Crippen LogP contribution in [-0.4, -0.2) is 31.0 Å². The Morgan fingerprint density at radius 3 is 2.18 bits per heavy atom. The summed E-state index contributed by atoms with van der Waals surface area (Å²) in [7, 11) is 2.98. The Labute approximate surface area is 162 Å². The first-order valence-electron chi connectivity index (χ1n) is 8.47. The van der Waals surface area contributed by atoms with E-state index < -0.39 is 16.3 Å². The second-order valence-corrected chi connectivity index (χ2v) is 7.14. The van der Waals surface area contributed by atoms with Crippen molar-refractivity contribution in [2.24, 2.45) is 5.41 Å². The molecule has 0 atom stereocenters. The van der Waals surface area contributed by atoms with Crippen molar-refractivity contribution >= 4 is 23.3 Å². The van der Waals surface area contributed by atoms with Crippen LogP contribution in [0.1, 0.15) is 31.1 Å². The largest absolute Gasteiger partial charge is 0.490 e. The van der Waals surface area contributed by atoms with Crippen molar-refractivity contribution in [2.75, 3.05) is 19.1 Å². The summed E-state index contributed by atoms with van der Waals surface area (Å²) in [6.07, 6.45) is 0. The van der Waals surface area contributed by atoms with E-state index in [1.165, 1.54) is 24.1 Å². The van der Waals surface area contributed by atoms with E-state index in [1.54, 1.807) is 31.3 Å². The van der Waals surface area contributed by atoms with Gasteiger partial charge in [-0.15, -0.1) is 0 Å². The molecule has 0 aliphatic carbocycles. The molecule has 2 aromatic rings. The Morgan fingerprint density at radius 1 is 1.07 bits per heavy atom. The number of nitrogens with zero attached hydrogens (tertiary/aromatic N) is 2. The molecule has 0 fully saturated rings. The van der Waals surface area contributed by atoms with Crippen LogP contribution in [-0.2, 0) is 4.79 Å². The van der Waals surface area contributed by atoms with Crippen molar-refractivity contribution in [1.29, 1.82) is 0 Å². The van der Waals surface area contributed by atoms with E-state index in [-0.39, 0.29) is 28.7 Å². The number of nitro groups is 1. The average Bonchev–Trinajstić information content (AvgIpc) is 2.66. The number of rotatable bonds is 5. The second kappa shape index (κ2) is 8.08. The van der Waals surface area contributed by atoms with Crippen LogP contribution in [0.2, 0.25) is 0 Å². The lowest BCUT2D eigenvalue weighted by atomic mass is 9.95. The molecule has 0 spiro atoms. The lowest BCUT2D eigenvalue weighted by Crippen LogP contribution is -2.36. The summed E-state index contributed by atoms with van der Waals surface area (Å²) < 4.78 is 10.2. The summed E-state index contributed by atoms with van der Waals surface area (Å²) in [6.45, 7) is 5.49. The van der Waals surface area contributed by atoms with Gasteiger partial charge in [0, 0.05) is 24.2 Å². The number of carbonyl (C=O) groups is 2. The highest BCUT2D eigenvalue weighted by Crippen LogP contribution is 2.28. The Bertz CT molecular complexity index is 900. The lowest BCUT2D eigenvalue weighted by Gasteiger charge is -2.26. The Hall–Kier alpha value is -3.42. The Kier molecular flexibility index (Phi) is 6.03. The Morgan fingerprint density at radius 2 is 1.68 bits per heavy atom. The molecule has 8 nitrogen and oxygen atoms in total. The maximum atomic E-state index is 12.3. The number of amides is 1. The number of anilines is 1. The number of methoxy groups -OCH3 is 1. The molecule has 8 heteroatoms. The maximum absolute atomic E-state index is 12.3. The molecule has 0 aliphatic rings. The molecule has 1 amide bonds. The van der Waals surface area contributed by atoms with Crippen LogP contribution in [0.5, 0.6) is 11.5 Å². The predicted octanol–water partition coefficient (Wildman–Crippen LogP) is 3.83. The average molecular weight is 386 g/mol. The Balaban J connectivity index is 2.16. The molecule has 0 bridgehead atoms. The van der Waals surface area contributed by atoms with Gasteiger partial charge in [0.25, 0.3) is 0 Å². The summed E-state index contributed by atoms with van der Waals surface area (Å²) in [4.78, 5) is 36.6. The standard InChI is InChI=1S/C20H22N2O6/c1-20(2,3)19(24)21(4)14-7-9-15(10-8-14)28-18(23)13-6-11-17(27-5)16(12-13)22(25)26/h6-12H,1-5H3. The first-order chi connectivity index (χ1) is 13.0. The molecule has 2 rings (SSSR count). The lowest BCUT2D eigenvalue weighted by molar-refractivity contribution is -0.385. The van der Waals surface area contributed by atoms with Gasteiger partial charge in [-0.2, -0.15) is 0 Å². The minimum Gasteiger partial charge on any atom is -0.490 e. The van der Waals surface area contributed by atoms with E-state index in [4.69, 9.17) is 9.47 Å². The molecule has 148 valence electrons. The maximum Gasteiger partial charge on any atom is 0.343 e. The van der Waals surface area contributed by atoms with Crippen molar-refractivity contribution in [2.45, 2.75) is 20.8 Å². The quantitative estimate of drug-likeness (QED) is 0.335.